The summed E-state index contributed by atoms with van der Waals surface area (Å²) in [6.45, 7) is 2.73. The third-order valence-electron chi connectivity index (χ3n) is 1.32. The normalized spacial score (nSPS) is 15.4. The molecule has 1 heterocycles. The van der Waals surface area contributed by atoms with Crippen molar-refractivity contribution in [1.29, 1.82) is 0 Å². The molecule has 0 spiro atoms. The largest absolute Gasteiger partial charge is 0.481 e. The molecule has 1 saturated heterocycles. The first-order chi connectivity index (χ1) is 5.27. The van der Waals surface area contributed by atoms with Crippen LogP contribution in [0.5, 0.6) is 0 Å². The number of hydrogen-bond donors (Lipinski definition) is 3. The van der Waals surface area contributed by atoms with Gasteiger partial charge in [-0.15, -0.1) is 0 Å². The predicted octanol–water partition coefficient (Wildman–Crippen LogP) is -0.210. The summed E-state index contributed by atoms with van der Waals surface area (Å²) >= 11 is 0. The molecule has 0 bridgehead atoms. The van der Waals surface area contributed by atoms with Crippen molar-refractivity contribution in [2.45, 2.75) is 19.3 Å². The molecule has 0 radical (unpaired) electrons. The van der Waals surface area contributed by atoms with E-state index in [1.165, 1.54) is 25.9 Å². The van der Waals surface area contributed by atoms with E-state index >= 15 is 0 Å². The monoisotopic (exact) mass is 160 g/mol. The Morgan fingerprint density at radius 3 is 2.09 bits per heavy atom. The summed E-state index contributed by atoms with van der Waals surface area (Å²) < 4.78 is 0. The van der Waals surface area contributed by atoms with Crippen molar-refractivity contribution < 1.29 is 9.90 Å². The molecular weight excluding hydrogens is 144 g/mol. The van der Waals surface area contributed by atoms with Crippen LogP contribution in [0.2, 0.25) is 0 Å². The van der Waals surface area contributed by atoms with E-state index in [0.29, 0.717) is 0 Å². The van der Waals surface area contributed by atoms with Crippen molar-refractivity contribution in [3.8, 4) is 0 Å². The van der Waals surface area contributed by atoms with E-state index in [0.717, 1.165) is 0 Å². The molecule has 1 aliphatic rings. The van der Waals surface area contributed by atoms with Gasteiger partial charge in [0.25, 0.3) is 0 Å². The van der Waals surface area contributed by atoms with Crippen molar-refractivity contribution in [3.63, 3.8) is 0 Å². The van der Waals surface area contributed by atoms with E-state index in [9.17, 15) is 4.79 Å². The molecule has 0 saturated carbocycles. The van der Waals surface area contributed by atoms with Crippen LogP contribution in [-0.2, 0) is 4.79 Å². The predicted molar refractivity (Wildman–Crippen MR) is 43.4 cm³/mol. The van der Waals surface area contributed by atoms with Crippen molar-refractivity contribution >= 4 is 5.97 Å². The second kappa shape index (κ2) is 7.50. The van der Waals surface area contributed by atoms with Gasteiger partial charge in [-0.2, -0.15) is 0 Å². The molecule has 4 heteroatoms. The number of carboxylic acids is 1. The minimum Gasteiger partial charge on any atom is -0.481 e. The van der Waals surface area contributed by atoms with Crippen LogP contribution in [0, 0.1) is 0 Å². The van der Waals surface area contributed by atoms with Crippen LogP contribution >= 0.6 is 0 Å². The molecule has 1 fully saturated rings. The summed E-state index contributed by atoms with van der Waals surface area (Å²) in [6, 6.07) is 0. The van der Waals surface area contributed by atoms with Gasteiger partial charge in [0, 0.05) is 6.54 Å². The average molecular weight is 160 g/mol. The molecule has 1 aliphatic heterocycles. The highest BCUT2D eigenvalue weighted by atomic mass is 16.4. The molecule has 0 aromatic rings. The Bertz CT molecular complexity index is 95.0. The lowest BCUT2D eigenvalue weighted by Crippen LogP contribution is -2.05. The Balaban J connectivity index is 0.000000183. The SMILES string of the molecule is C1CCNC1.NCCC(=O)O. The lowest BCUT2D eigenvalue weighted by Gasteiger charge is -1.80. The fraction of sp³-hybridized carbons (Fsp3) is 0.857. The van der Waals surface area contributed by atoms with Gasteiger partial charge in [-0.05, 0) is 25.9 Å². The van der Waals surface area contributed by atoms with Crippen LogP contribution in [0.15, 0.2) is 0 Å². The summed E-state index contributed by atoms with van der Waals surface area (Å²) in [4.78, 5) is 9.52. The van der Waals surface area contributed by atoms with Gasteiger partial charge < -0.3 is 16.2 Å². The highest BCUT2D eigenvalue weighted by molar-refractivity contribution is 5.66. The number of nitrogens with one attached hydrogen (secondary N) is 1. The van der Waals surface area contributed by atoms with Gasteiger partial charge in [0.05, 0.1) is 6.42 Å². The molecule has 4 nitrogen and oxygen atoms in total. The van der Waals surface area contributed by atoms with E-state index < -0.39 is 5.97 Å². The second-order valence-corrected chi connectivity index (χ2v) is 2.39. The van der Waals surface area contributed by atoms with Crippen molar-refractivity contribution in [1.82, 2.24) is 5.32 Å². The Morgan fingerprint density at radius 2 is 2.00 bits per heavy atom. The van der Waals surface area contributed by atoms with E-state index in [2.05, 4.69) is 5.32 Å². The fourth-order valence-corrected chi connectivity index (χ4v) is 0.748. The van der Waals surface area contributed by atoms with Crippen LogP contribution in [0.25, 0.3) is 0 Å². The standard InChI is InChI=1S/C4H9N.C3H7NO2/c1-2-4-5-3-1;4-2-1-3(5)6/h5H,1-4H2;1-2,4H2,(H,5,6). The van der Waals surface area contributed by atoms with Crippen LogP contribution in [0.4, 0.5) is 0 Å². The molecule has 0 unspecified atom stereocenters. The Labute approximate surface area is 66.8 Å². The molecule has 66 valence electrons. The van der Waals surface area contributed by atoms with Crippen molar-refractivity contribution in [2.75, 3.05) is 19.6 Å². The van der Waals surface area contributed by atoms with Crippen LogP contribution in [0.1, 0.15) is 19.3 Å². The average Bonchev–Trinajstić information content (AvgIpc) is 2.41. The molecule has 0 amide bonds. The molecular formula is C7H16N2O2. The third kappa shape index (κ3) is 9.39. The maximum Gasteiger partial charge on any atom is 0.304 e. The van der Waals surface area contributed by atoms with Gasteiger partial charge in [-0.3, -0.25) is 4.79 Å². The third-order valence-corrected chi connectivity index (χ3v) is 1.32. The summed E-state index contributed by atoms with van der Waals surface area (Å²) in [5.41, 5.74) is 4.85. The maximum atomic E-state index is 9.52. The smallest absolute Gasteiger partial charge is 0.304 e. The number of rotatable bonds is 2. The van der Waals surface area contributed by atoms with Gasteiger partial charge >= 0.3 is 5.97 Å². The Hall–Kier alpha value is -0.610. The molecule has 0 aromatic heterocycles. The Morgan fingerprint density at radius 1 is 1.45 bits per heavy atom. The second-order valence-electron chi connectivity index (χ2n) is 2.39. The molecule has 4 N–H and O–H groups in total. The first-order valence-corrected chi connectivity index (χ1v) is 3.90. The topological polar surface area (TPSA) is 75.3 Å². The number of aliphatic carboxylic acids is 1. The van der Waals surface area contributed by atoms with E-state index in [4.69, 9.17) is 10.8 Å². The summed E-state index contributed by atoms with van der Waals surface area (Å²) in [6.07, 6.45) is 2.85. The first kappa shape index (κ1) is 10.4. The minimum absolute atomic E-state index is 0.0694. The maximum absolute atomic E-state index is 9.52. The zero-order chi connectivity index (χ0) is 8.53. The molecule has 1 rings (SSSR count). The fourth-order valence-electron chi connectivity index (χ4n) is 0.748. The van der Waals surface area contributed by atoms with E-state index in [1.807, 2.05) is 0 Å². The highest BCUT2D eigenvalue weighted by Gasteiger charge is 1.93. The molecule has 11 heavy (non-hydrogen) atoms. The summed E-state index contributed by atoms with van der Waals surface area (Å²) in [7, 11) is 0. The molecule has 0 aromatic carbocycles. The van der Waals surface area contributed by atoms with Crippen LogP contribution < -0.4 is 11.1 Å². The summed E-state index contributed by atoms with van der Waals surface area (Å²) in [5, 5.41) is 11.1. The van der Waals surface area contributed by atoms with Gasteiger partial charge in [-0.25, -0.2) is 0 Å². The van der Waals surface area contributed by atoms with E-state index in [-0.39, 0.29) is 13.0 Å². The zero-order valence-electron chi connectivity index (χ0n) is 6.68. The van der Waals surface area contributed by atoms with E-state index in [1.54, 1.807) is 0 Å². The van der Waals surface area contributed by atoms with Gasteiger partial charge in [0.15, 0.2) is 0 Å². The van der Waals surface area contributed by atoms with Crippen LogP contribution in [0.3, 0.4) is 0 Å². The minimum atomic E-state index is -0.836. The van der Waals surface area contributed by atoms with Gasteiger partial charge in [0.2, 0.25) is 0 Å². The molecule has 0 atom stereocenters. The first-order valence-electron chi connectivity index (χ1n) is 3.90. The lowest BCUT2D eigenvalue weighted by atomic mass is 10.4. The number of carboxylic acid groups (broad SMARTS) is 1. The van der Waals surface area contributed by atoms with Crippen molar-refractivity contribution in [3.05, 3.63) is 0 Å². The van der Waals surface area contributed by atoms with Crippen LogP contribution in [-0.4, -0.2) is 30.7 Å². The number of nitrogens with two attached hydrogens (primary N) is 1. The molecule has 0 aliphatic carbocycles. The van der Waals surface area contributed by atoms with Gasteiger partial charge in [-0.1, -0.05) is 0 Å². The number of hydrogen-bond acceptors (Lipinski definition) is 3. The zero-order valence-corrected chi connectivity index (χ0v) is 6.68. The Kier molecular flexibility index (Phi) is 7.08. The van der Waals surface area contributed by atoms with Gasteiger partial charge in [0.1, 0.15) is 0 Å². The number of carbonyl (C=O) groups is 1. The van der Waals surface area contributed by atoms with Crippen molar-refractivity contribution in [2.24, 2.45) is 5.73 Å². The highest BCUT2D eigenvalue weighted by Crippen LogP contribution is 1.90. The summed E-state index contributed by atoms with van der Waals surface area (Å²) in [5.74, 6) is -0.836. The quantitative estimate of drug-likeness (QED) is 0.522. The lowest BCUT2D eigenvalue weighted by molar-refractivity contribution is -0.136.